The van der Waals surface area contributed by atoms with Gasteiger partial charge in [-0.05, 0) is 78.2 Å². The Bertz CT molecular complexity index is 2810. The number of nitrogens with zero attached hydrogens (tertiary/aromatic N) is 4. The van der Waals surface area contributed by atoms with E-state index < -0.39 is 45.0 Å². The number of rotatable bonds is 20. The van der Waals surface area contributed by atoms with Crippen LogP contribution in [-0.4, -0.2) is 74.3 Å². The molecule has 0 bridgehead atoms. The number of ether oxygens (including phenoxy) is 4. The number of anilines is 3. The van der Waals surface area contributed by atoms with E-state index in [-0.39, 0.29) is 39.3 Å². The molecule has 0 unspecified atom stereocenters. The summed E-state index contributed by atoms with van der Waals surface area (Å²) in [5.74, 6) is -0.392. The minimum atomic E-state index is -4.43. The van der Waals surface area contributed by atoms with Gasteiger partial charge in [0.25, 0.3) is 26.0 Å². The van der Waals surface area contributed by atoms with Crippen LogP contribution in [0.15, 0.2) is 155 Å². The third kappa shape index (κ3) is 11.1. The first kappa shape index (κ1) is 46.1. The molecule has 18 heteroatoms. The summed E-state index contributed by atoms with van der Waals surface area (Å²) >= 11 is 0. The zero-order valence-electron chi connectivity index (χ0n) is 35.4. The van der Waals surface area contributed by atoms with Gasteiger partial charge in [-0.15, -0.1) is 0 Å². The number of sulfonamides is 2. The summed E-state index contributed by atoms with van der Waals surface area (Å²) in [4.78, 5) is 30.7. The minimum Gasteiger partial charge on any atom is -0.497 e. The van der Waals surface area contributed by atoms with Gasteiger partial charge < -0.3 is 24.3 Å². The second kappa shape index (κ2) is 21.1. The summed E-state index contributed by atoms with van der Waals surface area (Å²) in [6.45, 7) is 0.500. The lowest BCUT2D eigenvalue weighted by atomic mass is 10.1. The van der Waals surface area contributed by atoms with Gasteiger partial charge in [0.1, 0.15) is 42.7 Å². The van der Waals surface area contributed by atoms with Gasteiger partial charge in [-0.25, -0.2) is 22.3 Å². The number of benzene rings is 5. The molecule has 0 saturated carbocycles. The van der Waals surface area contributed by atoms with E-state index in [0.717, 1.165) is 14.2 Å². The predicted octanol–water partition coefficient (Wildman–Crippen LogP) is 6.43. The van der Waals surface area contributed by atoms with Crippen molar-refractivity contribution >= 4 is 55.1 Å². The van der Waals surface area contributed by atoms with Gasteiger partial charge in [0.15, 0.2) is 0 Å². The molecular formula is C46H46N6O10S2. The lowest BCUT2D eigenvalue weighted by molar-refractivity contribution is -0.119. The maximum Gasteiger partial charge on any atom is 0.264 e. The standard InChI is InChI=1S/C46H46N6O10S2/c1-5-35-13-9-10-16-40(35)49-45(53)30-51(41-23-19-36(59-2)26-43(41)61-4)64(57,58)39-21-17-33(18-22-39)32-62-44-27-37(60-3)20-24-42(44)52(63(55,56)38-14-7-6-8-15-38)31-46(54)50-48-29-34-12-11-25-47-28-34/h6-29H,5,30-32H2,1-4H3,(H,49,53)(H,50,54)/b48-29+. The quantitative estimate of drug-likeness (QED) is 0.0633. The van der Waals surface area contributed by atoms with Crippen molar-refractivity contribution in [2.24, 2.45) is 5.10 Å². The molecule has 0 aliphatic carbocycles. The van der Waals surface area contributed by atoms with E-state index in [2.05, 4.69) is 20.8 Å². The van der Waals surface area contributed by atoms with Crippen molar-refractivity contribution < 1.29 is 45.4 Å². The Kier molecular flexibility index (Phi) is 15.2. The van der Waals surface area contributed by atoms with Crippen LogP contribution in [0.3, 0.4) is 0 Å². The second-order valence-electron chi connectivity index (χ2n) is 13.8. The van der Waals surface area contributed by atoms with E-state index in [1.165, 1.54) is 94.3 Å². The van der Waals surface area contributed by atoms with Crippen LogP contribution >= 0.6 is 0 Å². The van der Waals surface area contributed by atoms with Gasteiger partial charge in [0, 0.05) is 35.8 Å². The smallest absolute Gasteiger partial charge is 0.264 e. The van der Waals surface area contributed by atoms with E-state index in [4.69, 9.17) is 18.9 Å². The van der Waals surface area contributed by atoms with E-state index >= 15 is 0 Å². The van der Waals surface area contributed by atoms with Crippen LogP contribution in [0.1, 0.15) is 23.6 Å². The molecule has 1 aromatic heterocycles. The Morgan fingerprint density at radius 3 is 1.88 bits per heavy atom. The molecular weight excluding hydrogens is 861 g/mol. The SMILES string of the molecule is CCc1ccccc1NC(=O)CN(c1ccc(OC)cc1OC)S(=O)(=O)c1ccc(COc2cc(OC)ccc2N(CC(=O)N/N=C/c2cccnc2)S(=O)(=O)c2ccccc2)cc1. The molecule has 0 atom stereocenters. The first-order valence-corrected chi connectivity index (χ1v) is 22.6. The molecule has 6 rings (SSSR count). The van der Waals surface area contributed by atoms with Crippen LogP contribution in [-0.2, 0) is 42.7 Å². The number of carbonyl (C=O) groups excluding carboxylic acids is 2. The van der Waals surface area contributed by atoms with Crippen molar-refractivity contribution in [3.8, 4) is 23.0 Å². The molecule has 1 heterocycles. The lowest BCUT2D eigenvalue weighted by Crippen LogP contribution is -2.39. The van der Waals surface area contributed by atoms with Crippen molar-refractivity contribution in [1.82, 2.24) is 10.4 Å². The lowest BCUT2D eigenvalue weighted by Gasteiger charge is -2.26. The van der Waals surface area contributed by atoms with E-state index in [9.17, 15) is 26.4 Å². The largest absolute Gasteiger partial charge is 0.497 e. The number of carbonyl (C=O) groups is 2. The maximum absolute atomic E-state index is 14.5. The summed E-state index contributed by atoms with van der Waals surface area (Å²) in [6, 6.07) is 33.1. The zero-order chi connectivity index (χ0) is 45.7. The zero-order valence-corrected chi connectivity index (χ0v) is 37.0. The highest BCUT2D eigenvalue weighted by Crippen LogP contribution is 2.38. The Morgan fingerprint density at radius 2 is 1.27 bits per heavy atom. The molecule has 6 aromatic rings. The van der Waals surface area contributed by atoms with E-state index in [1.807, 2.05) is 19.1 Å². The fraction of sp³-hybridized carbons (Fsp3) is 0.174. The number of para-hydroxylation sites is 1. The monoisotopic (exact) mass is 906 g/mol. The average Bonchev–Trinajstić information content (AvgIpc) is 3.32. The van der Waals surface area contributed by atoms with Crippen LogP contribution < -0.4 is 38.3 Å². The number of methoxy groups -OCH3 is 3. The summed E-state index contributed by atoms with van der Waals surface area (Å²) in [5, 5.41) is 6.80. The number of aromatic nitrogens is 1. The average molecular weight is 907 g/mol. The first-order valence-electron chi connectivity index (χ1n) is 19.7. The fourth-order valence-corrected chi connectivity index (χ4v) is 9.25. The molecule has 2 N–H and O–H groups in total. The third-order valence-electron chi connectivity index (χ3n) is 9.66. The summed E-state index contributed by atoms with van der Waals surface area (Å²) in [5.41, 5.74) is 5.03. The topological polar surface area (TPSA) is 195 Å². The highest BCUT2D eigenvalue weighted by atomic mass is 32.2. The predicted molar refractivity (Wildman–Crippen MR) is 243 cm³/mol. The second-order valence-corrected chi connectivity index (χ2v) is 17.5. The van der Waals surface area contributed by atoms with Crippen molar-refractivity contribution in [2.45, 2.75) is 29.7 Å². The molecule has 64 heavy (non-hydrogen) atoms. The Labute approximate surface area is 372 Å². The number of aryl methyl sites for hydroxylation is 1. The van der Waals surface area contributed by atoms with Crippen LogP contribution in [0.2, 0.25) is 0 Å². The van der Waals surface area contributed by atoms with Crippen molar-refractivity contribution in [2.75, 3.05) is 48.3 Å². The molecule has 0 spiro atoms. The molecule has 0 aliphatic heterocycles. The third-order valence-corrected chi connectivity index (χ3v) is 13.2. The number of nitrogens with one attached hydrogen (secondary N) is 2. The van der Waals surface area contributed by atoms with Crippen LogP contribution in [0.5, 0.6) is 23.0 Å². The summed E-state index contributed by atoms with van der Waals surface area (Å²) in [6.07, 6.45) is 5.15. The fourth-order valence-electron chi connectivity index (χ4n) is 6.37. The molecule has 0 fully saturated rings. The molecule has 0 aliphatic rings. The van der Waals surface area contributed by atoms with Gasteiger partial charge in [-0.3, -0.25) is 23.2 Å². The molecule has 0 saturated heterocycles. The van der Waals surface area contributed by atoms with Gasteiger partial charge in [-0.2, -0.15) is 5.10 Å². The van der Waals surface area contributed by atoms with Gasteiger partial charge in [0.2, 0.25) is 5.91 Å². The Hall–Kier alpha value is -7.44. The summed E-state index contributed by atoms with van der Waals surface area (Å²) in [7, 11) is -4.52. The molecule has 0 radical (unpaired) electrons. The molecule has 5 aromatic carbocycles. The van der Waals surface area contributed by atoms with Crippen molar-refractivity contribution in [1.29, 1.82) is 0 Å². The van der Waals surface area contributed by atoms with E-state index in [1.54, 1.807) is 60.9 Å². The highest BCUT2D eigenvalue weighted by Gasteiger charge is 2.32. The normalized spacial score (nSPS) is 11.4. The Balaban J connectivity index is 1.28. The van der Waals surface area contributed by atoms with Crippen molar-refractivity contribution in [3.05, 3.63) is 156 Å². The van der Waals surface area contributed by atoms with Crippen LogP contribution in [0.4, 0.5) is 17.1 Å². The van der Waals surface area contributed by atoms with Crippen LogP contribution in [0, 0.1) is 0 Å². The van der Waals surface area contributed by atoms with Gasteiger partial charge >= 0.3 is 0 Å². The summed E-state index contributed by atoms with van der Waals surface area (Å²) < 4.78 is 81.8. The Morgan fingerprint density at radius 1 is 0.672 bits per heavy atom. The van der Waals surface area contributed by atoms with Gasteiger partial charge in [-0.1, -0.05) is 61.5 Å². The van der Waals surface area contributed by atoms with Gasteiger partial charge in [0.05, 0.1) is 48.7 Å². The minimum absolute atomic E-state index is 0.0131. The number of hydrazone groups is 1. The number of hydrogen-bond donors (Lipinski definition) is 2. The van der Waals surface area contributed by atoms with Crippen LogP contribution in [0.25, 0.3) is 0 Å². The number of hydrogen-bond acceptors (Lipinski definition) is 12. The van der Waals surface area contributed by atoms with Crippen molar-refractivity contribution in [3.63, 3.8) is 0 Å². The number of pyridine rings is 1. The highest BCUT2D eigenvalue weighted by molar-refractivity contribution is 7.93. The first-order chi connectivity index (χ1) is 30.9. The molecule has 332 valence electrons. The molecule has 2 amide bonds. The molecule has 16 nitrogen and oxygen atoms in total. The number of amides is 2. The maximum atomic E-state index is 14.5. The van der Waals surface area contributed by atoms with E-state index in [0.29, 0.717) is 34.7 Å².